The maximum Gasteiger partial charge on any atom is 0.133 e. The highest BCUT2D eigenvalue weighted by Gasteiger charge is 2.26. The van der Waals surface area contributed by atoms with Crippen molar-refractivity contribution in [2.45, 2.75) is 38.3 Å². The van der Waals surface area contributed by atoms with E-state index in [1.54, 1.807) is 0 Å². The molecule has 2 saturated carbocycles. The Kier molecular flexibility index (Phi) is 4.28. The zero-order chi connectivity index (χ0) is 13.9. The Morgan fingerprint density at radius 3 is 2.85 bits per heavy atom. The van der Waals surface area contributed by atoms with Gasteiger partial charge >= 0.3 is 0 Å². The Morgan fingerprint density at radius 1 is 1.40 bits per heavy atom. The molecule has 0 spiro atoms. The van der Waals surface area contributed by atoms with Gasteiger partial charge in [0, 0.05) is 35.4 Å². The molecular formula is C16H20BrN3. The molecule has 2 aliphatic rings. The number of pyridine rings is 1. The Bertz CT molecular complexity index is 515. The second-order valence-corrected chi connectivity index (χ2v) is 6.74. The van der Waals surface area contributed by atoms with E-state index in [9.17, 15) is 0 Å². The van der Waals surface area contributed by atoms with Crippen LogP contribution in [0.4, 0.5) is 5.82 Å². The molecule has 0 aromatic carbocycles. The fourth-order valence-corrected chi connectivity index (χ4v) is 2.76. The van der Waals surface area contributed by atoms with E-state index in [4.69, 9.17) is 6.42 Å². The Balaban J connectivity index is 1.78. The quantitative estimate of drug-likeness (QED) is 0.777. The van der Waals surface area contributed by atoms with Crippen LogP contribution < -0.4 is 10.2 Å². The van der Waals surface area contributed by atoms with E-state index in [0.717, 1.165) is 29.3 Å². The van der Waals surface area contributed by atoms with Gasteiger partial charge in [0.25, 0.3) is 0 Å². The first-order valence-corrected chi connectivity index (χ1v) is 8.12. The summed E-state index contributed by atoms with van der Waals surface area (Å²) in [4.78, 5) is 6.88. The molecule has 0 unspecified atom stereocenters. The lowest BCUT2D eigenvalue weighted by molar-refractivity contribution is 0.677. The van der Waals surface area contributed by atoms with Gasteiger partial charge in [-0.3, -0.25) is 0 Å². The SMILES string of the molecule is C#CCN(CC1CC1)c1ncc(Br)cc1CNC1CC1. The summed E-state index contributed by atoms with van der Waals surface area (Å²) >= 11 is 3.52. The van der Waals surface area contributed by atoms with Gasteiger partial charge in [0.2, 0.25) is 0 Å². The van der Waals surface area contributed by atoms with Crippen molar-refractivity contribution in [1.29, 1.82) is 0 Å². The highest BCUT2D eigenvalue weighted by Crippen LogP contribution is 2.32. The average molecular weight is 334 g/mol. The van der Waals surface area contributed by atoms with Crippen molar-refractivity contribution in [2.75, 3.05) is 18.0 Å². The zero-order valence-corrected chi connectivity index (χ0v) is 13.2. The number of aromatic nitrogens is 1. The van der Waals surface area contributed by atoms with Gasteiger partial charge in [-0.15, -0.1) is 6.42 Å². The van der Waals surface area contributed by atoms with Gasteiger partial charge in [0.15, 0.2) is 0 Å². The van der Waals surface area contributed by atoms with E-state index in [0.29, 0.717) is 12.6 Å². The third-order valence-corrected chi connectivity index (χ3v) is 4.26. The maximum absolute atomic E-state index is 5.53. The van der Waals surface area contributed by atoms with Crippen LogP contribution in [0.2, 0.25) is 0 Å². The van der Waals surface area contributed by atoms with Crippen LogP contribution in [0.15, 0.2) is 16.7 Å². The molecule has 1 aromatic heterocycles. The lowest BCUT2D eigenvalue weighted by Crippen LogP contribution is -2.29. The Labute approximate surface area is 129 Å². The van der Waals surface area contributed by atoms with Crippen LogP contribution in [0.1, 0.15) is 31.2 Å². The van der Waals surface area contributed by atoms with E-state index in [1.807, 2.05) is 6.20 Å². The first-order valence-electron chi connectivity index (χ1n) is 7.32. The van der Waals surface area contributed by atoms with E-state index >= 15 is 0 Å². The van der Waals surface area contributed by atoms with Crippen LogP contribution in [0.5, 0.6) is 0 Å². The van der Waals surface area contributed by atoms with Gasteiger partial charge in [-0.1, -0.05) is 5.92 Å². The highest BCUT2D eigenvalue weighted by atomic mass is 79.9. The minimum absolute atomic E-state index is 0.640. The van der Waals surface area contributed by atoms with Gasteiger partial charge in [0.05, 0.1) is 6.54 Å². The molecule has 0 amide bonds. The van der Waals surface area contributed by atoms with Crippen molar-refractivity contribution < 1.29 is 0 Å². The summed E-state index contributed by atoms with van der Waals surface area (Å²) in [6.45, 7) is 2.55. The smallest absolute Gasteiger partial charge is 0.133 e. The molecule has 2 fully saturated rings. The van der Waals surface area contributed by atoms with Crippen molar-refractivity contribution in [3.8, 4) is 12.3 Å². The van der Waals surface area contributed by atoms with Crippen LogP contribution in [-0.4, -0.2) is 24.1 Å². The lowest BCUT2D eigenvalue weighted by Gasteiger charge is -2.24. The molecule has 20 heavy (non-hydrogen) atoms. The minimum atomic E-state index is 0.640. The molecule has 2 aliphatic carbocycles. The van der Waals surface area contributed by atoms with E-state index in [1.165, 1.54) is 31.2 Å². The molecule has 106 valence electrons. The topological polar surface area (TPSA) is 28.2 Å². The Hall–Kier alpha value is -1.05. The molecule has 0 aliphatic heterocycles. The summed E-state index contributed by atoms with van der Waals surface area (Å²) in [5.74, 6) is 4.62. The molecule has 4 heteroatoms. The number of hydrogen-bond acceptors (Lipinski definition) is 3. The first-order chi connectivity index (χ1) is 9.76. The van der Waals surface area contributed by atoms with Gasteiger partial charge in [-0.05, 0) is 53.6 Å². The van der Waals surface area contributed by atoms with Crippen LogP contribution in [0.3, 0.4) is 0 Å². The van der Waals surface area contributed by atoms with Gasteiger partial charge < -0.3 is 10.2 Å². The van der Waals surface area contributed by atoms with Crippen molar-refractivity contribution in [3.05, 3.63) is 22.3 Å². The lowest BCUT2D eigenvalue weighted by atomic mass is 10.2. The Morgan fingerprint density at radius 2 is 2.20 bits per heavy atom. The van der Waals surface area contributed by atoms with Crippen molar-refractivity contribution in [2.24, 2.45) is 5.92 Å². The van der Waals surface area contributed by atoms with Gasteiger partial charge in [0.1, 0.15) is 5.82 Å². The number of rotatable bonds is 7. The largest absolute Gasteiger partial charge is 0.345 e. The summed E-state index contributed by atoms with van der Waals surface area (Å²) in [5, 5.41) is 3.57. The van der Waals surface area contributed by atoms with Gasteiger partial charge in [-0.25, -0.2) is 4.98 Å². The molecular weight excluding hydrogens is 314 g/mol. The maximum atomic E-state index is 5.53. The summed E-state index contributed by atoms with van der Waals surface area (Å²) in [6, 6.07) is 2.86. The predicted molar refractivity (Wildman–Crippen MR) is 85.6 cm³/mol. The number of halogens is 1. The van der Waals surface area contributed by atoms with Crippen LogP contribution in [-0.2, 0) is 6.54 Å². The van der Waals surface area contributed by atoms with Crippen LogP contribution in [0, 0.1) is 18.3 Å². The minimum Gasteiger partial charge on any atom is -0.345 e. The summed E-state index contributed by atoms with van der Waals surface area (Å²) in [7, 11) is 0. The number of terminal acetylenes is 1. The third kappa shape index (κ3) is 3.74. The number of hydrogen-bond donors (Lipinski definition) is 1. The monoisotopic (exact) mass is 333 g/mol. The molecule has 0 saturated heterocycles. The van der Waals surface area contributed by atoms with E-state index < -0.39 is 0 Å². The van der Waals surface area contributed by atoms with E-state index in [-0.39, 0.29) is 0 Å². The number of anilines is 1. The van der Waals surface area contributed by atoms with Crippen molar-refractivity contribution in [3.63, 3.8) is 0 Å². The summed E-state index contributed by atoms with van der Waals surface area (Å²) in [5.41, 5.74) is 1.24. The fourth-order valence-electron chi connectivity index (χ4n) is 2.38. The highest BCUT2D eigenvalue weighted by molar-refractivity contribution is 9.10. The molecule has 0 radical (unpaired) electrons. The standard InChI is InChI=1S/C16H20BrN3/c1-2-7-20(11-12-3-4-12)16-13(8-14(17)10-19-16)9-18-15-5-6-15/h1,8,10,12,15,18H,3-7,9,11H2. The number of nitrogens with zero attached hydrogens (tertiary/aromatic N) is 2. The fraction of sp³-hybridized carbons (Fsp3) is 0.562. The molecule has 1 heterocycles. The normalized spacial score (nSPS) is 17.8. The molecule has 3 rings (SSSR count). The van der Waals surface area contributed by atoms with Crippen LogP contribution >= 0.6 is 15.9 Å². The molecule has 3 nitrogen and oxygen atoms in total. The molecule has 1 N–H and O–H groups in total. The molecule has 0 bridgehead atoms. The molecule has 0 atom stereocenters. The first kappa shape index (κ1) is 13.9. The van der Waals surface area contributed by atoms with Crippen molar-refractivity contribution >= 4 is 21.7 Å². The second-order valence-electron chi connectivity index (χ2n) is 5.82. The predicted octanol–water partition coefficient (Wildman–Crippen LogP) is 2.95. The second kappa shape index (κ2) is 6.15. The summed E-state index contributed by atoms with van der Waals surface area (Å²) < 4.78 is 1.03. The van der Waals surface area contributed by atoms with Crippen LogP contribution in [0.25, 0.3) is 0 Å². The number of nitrogens with one attached hydrogen (secondary N) is 1. The zero-order valence-electron chi connectivity index (χ0n) is 11.6. The van der Waals surface area contributed by atoms with Gasteiger partial charge in [-0.2, -0.15) is 0 Å². The van der Waals surface area contributed by atoms with E-state index in [2.05, 4.69) is 43.1 Å². The van der Waals surface area contributed by atoms with Crippen molar-refractivity contribution in [1.82, 2.24) is 10.3 Å². The summed E-state index contributed by atoms with van der Waals surface area (Å²) in [6.07, 6.45) is 12.6. The molecule has 1 aromatic rings. The third-order valence-electron chi connectivity index (χ3n) is 3.83. The average Bonchev–Trinajstić information content (AvgIpc) is 3.31.